The molecule has 1 N–H and O–H groups in total. The number of hydrogen-bond acceptors (Lipinski definition) is 3. The molecule has 1 spiro atoms. The minimum Gasteiger partial charge on any atom is -0.444 e. The van der Waals surface area contributed by atoms with Gasteiger partial charge in [0, 0.05) is 36.8 Å². The third-order valence-electron chi connectivity index (χ3n) is 4.17. The summed E-state index contributed by atoms with van der Waals surface area (Å²) in [5.41, 5.74) is 0.428. The van der Waals surface area contributed by atoms with E-state index in [0.717, 1.165) is 25.1 Å². The lowest BCUT2D eigenvalue weighted by molar-refractivity contribution is 0.0284. The minimum atomic E-state index is -0.474. The molecular formula is C14H21N3O3. The highest BCUT2D eigenvalue weighted by Gasteiger charge is 2.47. The number of aromatic nitrogens is 2. The number of H-pyrrole nitrogens is 1. The van der Waals surface area contributed by atoms with E-state index in [9.17, 15) is 9.59 Å². The predicted molar refractivity (Wildman–Crippen MR) is 73.8 cm³/mol. The number of aromatic amines is 1. The van der Waals surface area contributed by atoms with Crippen LogP contribution in [0.4, 0.5) is 4.79 Å². The molecule has 110 valence electrons. The lowest BCUT2D eigenvalue weighted by Crippen LogP contribution is -2.37. The molecule has 0 aliphatic carbocycles. The second-order valence-corrected chi connectivity index (χ2v) is 6.84. The summed E-state index contributed by atoms with van der Waals surface area (Å²) in [6.45, 7) is 7.76. The maximum Gasteiger partial charge on any atom is 0.410 e. The fourth-order valence-corrected chi connectivity index (χ4v) is 3.27. The molecule has 0 aromatic carbocycles. The number of amides is 1. The van der Waals surface area contributed by atoms with Crippen molar-refractivity contribution in [2.75, 3.05) is 13.1 Å². The van der Waals surface area contributed by atoms with Crippen molar-refractivity contribution in [3.63, 3.8) is 0 Å². The summed E-state index contributed by atoms with van der Waals surface area (Å²) in [5, 5.41) is 2.82. The Balaban J connectivity index is 1.77. The Kier molecular flexibility index (Phi) is 2.74. The molecule has 1 aromatic rings. The van der Waals surface area contributed by atoms with Crippen LogP contribution in [0.5, 0.6) is 0 Å². The highest BCUT2D eigenvalue weighted by Crippen LogP contribution is 2.41. The van der Waals surface area contributed by atoms with Gasteiger partial charge in [0.25, 0.3) is 5.56 Å². The van der Waals surface area contributed by atoms with Crippen molar-refractivity contribution in [1.82, 2.24) is 14.7 Å². The molecule has 1 atom stereocenters. The van der Waals surface area contributed by atoms with Gasteiger partial charge in [-0.25, -0.2) is 4.79 Å². The summed E-state index contributed by atoms with van der Waals surface area (Å²) >= 11 is 0. The molecule has 2 aliphatic heterocycles. The smallest absolute Gasteiger partial charge is 0.410 e. The van der Waals surface area contributed by atoms with E-state index in [1.165, 1.54) is 0 Å². The Morgan fingerprint density at radius 3 is 2.75 bits per heavy atom. The first-order valence-corrected chi connectivity index (χ1v) is 7.07. The van der Waals surface area contributed by atoms with E-state index in [4.69, 9.17) is 4.74 Å². The normalized spacial score (nSPS) is 25.2. The first kappa shape index (κ1) is 13.3. The first-order chi connectivity index (χ1) is 9.29. The zero-order valence-corrected chi connectivity index (χ0v) is 12.2. The Bertz CT molecular complexity index is 596. The van der Waals surface area contributed by atoms with Gasteiger partial charge < -0.3 is 9.64 Å². The number of rotatable bonds is 0. The molecule has 1 fully saturated rings. The van der Waals surface area contributed by atoms with Crippen molar-refractivity contribution in [1.29, 1.82) is 0 Å². The van der Waals surface area contributed by atoms with Crippen LogP contribution in [0, 0.1) is 0 Å². The molecule has 0 unspecified atom stereocenters. The zero-order valence-electron chi connectivity index (χ0n) is 12.2. The van der Waals surface area contributed by atoms with Crippen molar-refractivity contribution >= 4 is 6.09 Å². The van der Waals surface area contributed by atoms with Crippen LogP contribution in [0.1, 0.15) is 39.3 Å². The summed E-state index contributed by atoms with van der Waals surface area (Å²) in [6, 6.07) is 1.67. The quantitative estimate of drug-likeness (QED) is 0.781. The van der Waals surface area contributed by atoms with Gasteiger partial charge in [0.1, 0.15) is 5.60 Å². The molecule has 2 aliphatic rings. The van der Waals surface area contributed by atoms with Gasteiger partial charge in [-0.1, -0.05) is 0 Å². The van der Waals surface area contributed by atoms with Crippen molar-refractivity contribution in [2.24, 2.45) is 0 Å². The Hall–Kier alpha value is -1.72. The van der Waals surface area contributed by atoms with E-state index < -0.39 is 5.60 Å². The number of likely N-dealkylation sites (tertiary alicyclic amines) is 1. The number of ether oxygens (including phenoxy) is 1. The number of carbonyl (C=O) groups excluding carboxylic acids is 1. The summed E-state index contributed by atoms with van der Waals surface area (Å²) in [6.07, 6.45) is 1.60. The van der Waals surface area contributed by atoms with Crippen LogP contribution < -0.4 is 5.56 Å². The van der Waals surface area contributed by atoms with E-state index in [0.29, 0.717) is 13.1 Å². The number of nitrogens with one attached hydrogen (secondary N) is 1. The number of hydrogen-bond donors (Lipinski definition) is 1. The Labute approximate surface area is 117 Å². The van der Waals surface area contributed by atoms with Crippen LogP contribution in [0.3, 0.4) is 0 Å². The molecule has 6 nitrogen and oxygen atoms in total. The lowest BCUT2D eigenvalue weighted by Gasteiger charge is -2.26. The SMILES string of the molecule is CC(C)(C)OC(=O)N1CC[C@@]2(CCn3[nH]c(=O)cc32)C1. The fourth-order valence-electron chi connectivity index (χ4n) is 3.27. The third kappa shape index (κ3) is 2.13. The Morgan fingerprint density at radius 2 is 2.05 bits per heavy atom. The van der Waals surface area contributed by atoms with Gasteiger partial charge in [-0.3, -0.25) is 14.6 Å². The van der Waals surface area contributed by atoms with Crippen LogP contribution in [0.2, 0.25) is 0 Å². The second kappa shape index (κ2) is 4.14. The van der Waals surface area contributed by atoms with E-state index in [2.05, 4.69) is 5.10 Å². The summed E-state index contributed by atoms with van der Waals surface area (Å²) in [4.78, 5) is 25.4. The largest absolute Gasteiger partial charge is 0.444 e. The number of fused-ring (bicyclic) bond motifs is 2. The number of nitrogens with zero attached hydrogens (tertiary/aromatic N) is 2. The first-order valence-electron chi connectivity index (χ1n) is 7.07. The third-order valence-corrected chi connectivity index (χ3v) is 4.17. The molecule has 3 heterocycles. The standard InChI is InChI=1S/C14H21N3O3/c1-13(2,3)20-12(19)16-6-4-14(9-16)5-7-17-10(14)8-11(18)15-17/h8H,4-7,9H2,1-3H3,(H,15,18)/t14-/m1/s1. The van der Waals surface area contributed by atoms with Crippen LogP contribution in [0.15, 0.2) is 10.9 Å². The molecule has 6 heteroatoms. The fraction of sp³-hybridized carbons (Fsp3) is 0.714. The van der Waals surface area contributed by atoms with Gasteiger partial charge in [0.2, 0.25) is 0 Å². The van der Waals surface area contributed by atoms with E-state index in [-0.39, 0.29) is 17.1 Å². The van der Waals surface area contributed by atoms with Crippen LogP contribution in [-0.4, -0.2) is 39.5 Å². The average Bonchev–Trinajstić information content (AvgIpc) is 2.95. The maximum atomic E-state index is 12.1. The van der Waals surface area contributed by atoms with Crippen molar-refractivity contribution in [2.45, 2.75) is 51.2 Å². The van der Waals surface area contributed by atoms with Crippen molar-refractivity contribution < 1.29 is 9.53 Å². The van der Waals surface area contributed by atoms with E-state index in [1.807, 2.05) is 25.5 Å². The van der Waals surface area contributed by atoms with Crippen molar-refractivity contribution in [3.05, 3.63) is 22.1 Å². The molecular weight excluding hydrogens is 258 g/mol. The molecule has 0 radical (unpaired) electrons. The number of carbonyl (C=O) groups is 1. The molecule has 0 saturated carbocycles. The topological polar surface area (TPSA) is 67.3 Å². The average molecular weight is 279 g/mol. The highest BCUT2D eigenvalue weighted by molar-refractivity contribution is 5.69. The van der Waals surface area contributed by atoms with Gasteiger partial charge in [-0.2, -0.15) is 0 Å². The van der Waals surface area contributed by atoms with Gasteiger partial charge in [0.15, 0.2) is 0 Å². The molecule has 1 saturated heterocycles. The molecule has 1 aromatic heterocycles. The monoisotopic (exact) mass is 279 g/mol. The molecule has 3 rings (SSSR count). The maximum absolute atomic E-state index is 12.1. The van der Waals surface area contributed by atoms with Crippen LogP contribution in [-0.2, 0) is 16.7 Å². The minimum absolute atomic E-state index is 0.0604. The second-order valence-electron chi connectivity index (χ2n) is 6.84. The summed E-state index contributed by atoms with van der Waals surface area (Å²) in [5.74, 6) is 0. The van der Waals surface area contributed by atoms with E-state index in [1.54, 1.807) is 11.0 Å². The van der Waals surface area contributed by atoms with Crippen LogP contribution in [0.25, 0.3) is 0 Å². The summed E-state index contributed by atoms with van der Waals surface area (Å²) < 4.78 is 7.35. The Morgan fingerprint density at radius 1 is 1.35 bits per heavy atom. The predicted octanol–water partition coefficient (Wildman–Crippen LogP) is 1.46. The molecule has 0 bridgehead atoms. The zero-order chi connectivity index (χ0) is 14.5. The van der Waals surface area contributed by atoms with E-state index >= 15 is 0 Å². The van der Waals surface area contributed by atoms with Gasteiger partial charge in [-0.15, -0.1) is 0 Å². The molecule has 1 amide bonds. The highest BCUT2D eigenvalue weighted by atomic mass is 16.6. The van der Waals surface area contributed by atoms with Gasteiger partial charge in [0.05, 0.1) is 0 Å². The lowest BCUT2D eigenvalue weighted by atomic mass is 9.83. The summed E-state index contributed by atoms with van der Waals surface area (Å²) in [7, 11) is 0. The van der Waals surface area contributed by atoms with Gasteiger partial charge >= 0.3 is 6.09 Å². The van der Waals surface area contributed by atoms with Crippen LogP contribution >= 0.6 is 0 Å². The van der Waals surface area contributed by atoms with Gasteiger partial charge in [-0.05, 0) is 33.6 Å². The molecule has 20 heavy (non-hydrogen) atoms. The number of aryl methyl sites for hydroxylation is 1. The van der Waals surface area contributed by atoms with Crippen molar-refractivity contribution in [3.8, 4) is 0 Å².